The zero-order valence-corrected chi connectivity index (χ0v) is 24.4. The van der Waals surface area contributed by atoms with Crippen LogP contribution >= 0.6 is 11.6 Å². The highest BCUT2D eigenvalue weighted by atomic mass is 35.5. The van der Waals surface area contributed by atoms with Gasteiger partial charge in [0.1, 0.15) is 11.2 Å². The van der Waals surface area contributed by atoms with E-state index in [0.29, 0.717) is 18.0 Å². The molecule has 1 heterocycles. The SMILES string of the molecule is CCCCCCC(C(C)=O)(C(=O)N(NCCCC)C(C)CCC)c1c(C)n(CC)c2ccc(Cl)cc12. The van der Waals surface area contributed by atoms with Crippen LogP contribution in [0, 0.1) is 6.92 Å². The van der Waals surface area contributed by atoms with Crippen LogP contribution < -0.4 is 5.43 Å². The first-order chi connectivity index (χ1) is 17.2. The molecule has 0 bridgehead atoms. The summed E-state index contributed by atoms with van der Waals surface area (Å²) in [4.78, 5) is 28.6. The third kappa shape index (κ3) is 6.34. The summed E-state index contributed by atoms with van der Waals surface area (Å²) < 4.78 is 2.21. The molecule has 36 heavy (non-hydrogen) atoms. The van der Waals surface area contributed by atoms with E-state index in [2.05, 4.69) is 44.6 Å². The Bertz CT molecular complexity index is 1020. The number of halogens is 1. The van der Waals surface area contributed by atoms with Gasteiger partial charge in [-0.05, 0) is 65.2 Å². The summed E-state index contributed by atoms with van der Waals surface area (Å²) >= 11 is 6.49. The molecule has 0 aliphatic rings. The number of benzene rings is 1. The molecule has 1 N–H and O–H groups in total. The number of rotatable bonds is 16. The number of carbonyl (C=O) groups excluding carboxylic acids is 2. The number of hydrazine groups is 1. The maximum atomic E-state index is 14.8. The number of nitrogens with zero attached hydrogens (tertiary/aromatic N) is 2. The van der Waals surface area contributed by atoms with Crippen molar-refractivity contribution in [3.8, 4) is 0 Å². The molecule has 2 aromatic rings. The van der Waals surface area contributed by atoms with Crippen molar-refractivity contribution in [1.29, 1.82) is 0 Å². The summed E-state index contributed by atoms with van der Waals surface area (Å²) in [7, 11) is 0. The molecule has 0 fully saturated rings. The van der Waals surface area contributed by atoms with Crippen molar-refractivity contribution in [2.75, 3.05) is 6.54 Å². The molecule has 0 aliphatic heterocycles. The molecular formula is C30H48ClN3O2. The number of aryl methyl sites for hydroxylation is 1. The van der Waals surface area contributed by atoms with E-state index >= 15 is 0 Å². The van der Waals surface area contributed by atoms with Crippen molar-refractivity contribution in [2.45, 2.75) is 124 Å². The monoisotopic (exact) mass is 517 g/mol. The molecule has 2 rings (SSSR count). The second kappa shape index (κ2) is 14.2. The fourth-order valence-corrected chi connectivity index (χ4v) is 5.79. The second-order valence-electron chi connectivity index (χ2n) is 10.2. The van der Waals surface area contributed by atoms with Crippen LogP contribution in [-0.4, -0.2) is 33.9 Å². The number of hydrogen-bond acceptors (Lipinski definition) is 3. The molecular weight excluding hydrogens is 470 g/mol. The molecule has 1 amide bonds. The largest absolute Gasteiger partial charge is 0.345 e. The number of fused-ring (bicyclic) bond motifs is 1. The fraction of sp³-hybridized carbons (Fsp3) is 0.667. The normalized spacial score (nSPS) is 14.1. The maximum absolute atomic E-state index is 14.8. The molecule has 1 aromatic carbocycles. The van der Waals surface area contributed by atoms with Crippen LogP contribution in [0.2, 0.25) is 5.02 Å². The van der Waals surface area contributed by atoms with Crippen LogP contribution in [0.4, 0.5) is 0 Å². The van der Waals surface area contributed by atoms with Crippen molar-refractivity contribution >= 4 is 34.2 Å². The van der Waals surface area contributed by atoms with Gasteiger partial charge in [-0.1, -0.05) is 70.9 Å². The number of amides is 1. The smallest absolute Gasteiger partial charge is 0.255 e. The lowest BCUT2D eigenvalue weighted by atomic mass is 9.70. The highest BCUT2D eigenvalue weighted by Gasteiger charge is 2.50. The lowest BCUT2D eigenvalue weighted by Crippen LogP contribution is -2.58. The Morgan fingerprint density at radius 1 is 1.06 bits per heavy atom. The summed E-state index contributed by atoms with van der Waals surface area (Å²) in [6, 6.07) is 5.82. The van der Waals surface area contributed by atoms with Gasteiger partial charge in [-0.15, -0.1) is 0 Å². The zero-order valence-electron chi connectivity index (χ0n) is 23.7. The molecule has 0 saturated heterocycles. The van der Waals surface area contributed by atoms with E-state index in [0.717, 1.165) is 80.1 Å². The summed E-state index contributed by atoms with van der Waals surface area (Å²) in [6.45, 7) is 15.8. The van der Waals surface area contributed by atoms with E-state index in [-0.39, 0.29) is 17.7 Å². The minimum atomic E-state index is -1.26. The van der Waals surface area contributed by atoms with E-state index < -0.39 is 5.41 Å². The minimum absolute atomic E-state index is 0.0165. The third-order valence-electron chi connectivity index (χ3n) is 7.58. The van der Waals surface area contributed by atoms with E-state index in [1.807, 2.05) is 25.1 Å². The highest BCUT2D eigenvalue weighted by molar-refractivity contribution is 6.31. The van der Waals surface area contributed by atoms with E-state index in [9.17, 15) is 9.59 Å². The Morgan fingerprint density at radius 2 is 1.75 bits per heavy atom. The quantitative estimate of drug-likeness (QED) is 0.141. The third-order valence-corrected chi connectivity index (χ3v) is 7.81. The maximum Gasteiger partial charge on any atom is 0.255 e. The van der Waals surface area contributed by atoms with E-state index in [1.54, 1.807) is 11.9 Å². The first kappa shape index (κ1) is 30.4. The molecule has 0 spiro atoms. The molecule has 5 nitrogen and oxygen atoms in total. The molecule has 202 valence electrons. The van der Waals surface area contributed by atoms with Crippen LogP contribution in [0.15, 0.2) is 18.2 Å². The van der Waals surface area contributed by atoms with Crippen LogP contribution in [0.1, 0.15) is 111 Å². The summed E-state index contributed by atoms with van der Waals surface area (Å²) in [5.74, 6) is -0.213. The van der Waals surface area contributed by atoms with Gasteiger partial charge in [0.2, 0.25) is 0 Å². The average molecular weight is 518 g/mol. The van der Waals surface area contributed by atoms with Gasteiger partial charge in [0.05, 0.1) is 0 Å². The number of carbonyl (C=O) groups is 2. The van der Waals surface area contributed by atoms with E-state index in [4.69, 9.17) is 11.6 Å². The lowest BCUT2D eigenvalue weighted by molar-refractivity contribution is -0.148. The number of ketones is 1. The molecule has 2 atom stereocenters. The molecule has 0 saturated carbocycles. The first-order valence-electron chi connectivity index (χ1n) is 14.1. The van der Waals surface area contributed by atoms with Gasteiger partial charge < -0.3 is 4.57 Å². The van der Waals surface area contributed by atoms with Crippen molar-refractivity contribution < 1.29 is 9.59 Å². The zero-order chi connectivity index (χ0) is 26.9. The summed E-state index contributed by atoms with van der Waals surface area (Å²) in [5.41, 5.74) is 5.01. The predicted molar refractivity (Wildman–Crippen MR) is 153 cm³/mol. The van der Waals surface area contributed by atoms with Gasteiger partial charge in [-0.25, -0.2) is 5.43 Å². The van der Waals surface area contributed by atoms with Gasteiger partial charge in [-0.3, -0.25) is 14.6 Å². The van der Waals surface area contributed by atoms with Crippen LogP contribution in [0.3, 0.4) is 0 Å². The number of nitrogens with one attached hydrogen (secondary N) is 1. The van der Waals surface area contributed by atoms with Gasteiger partial charge in [0.25, 0.3) is 5.91 Å². The number of hydrogen-bond donors (Lipinski definition) is 1. The first-order valence-corrected chi connectivity index (χ1v) is 14.5. The van der Waals surface area contributed by atoms with Gasteiger partial charge in [0, 0.05) is 46.3 Å². The molecule has 1 aromatic heterocycles. The Balaban J connectivity index is 2.82. The molecule has 0 aliphatic carbocycles. The number of unbranched alkanes of at least 4 members (excludes halogenated alkanes) is 4. The van der Waals surface area contributed by atoms with Crippen molar-refractivity contribution in [3.05, 3.63) is 34.5 Å². The highest BCUT2D eigenvalue weighted by Crippen LogP contribution is 2.42. The second-order valence-corrected chi connectivity index (χ2v) is 10.6. The average Bonchev–Trinajstić information content (AvgIpc) is 3.12. The Labute approximate surface area is 223 Å². The number of Topliss-reactive ketones (excluding diaryl/α,β-unsaturated/α-hetero) is 1. The molecule has 6 heteroatoms. The van der Waals surface area contributed by atoms with Crippen LogP contribution in [-0.2, 0) is 21.5 Å². The predicted octanol–water partition coefficient (Wildman–Crippen LogP) is 7.74. The Kier molecular flexibility index (Phi) is 12.0. The summed E-state index contributed by atoms with van der Waals surface area (Å²) in [6.07, 6.45) is 8.36. The van der Waals surface area contributed by atoms with Crippen molar-refractivity contribution in [3.63, 3.8) is 0 Å². The van der Waals surface area contributed by atoms with Gasteiger partial charge in [-0.2, -0.15) is 0 Å². The van der Waals surface area contributed by atoms with Crippen LogP contribution in [0.5, 0.6) is 0 Å². The summed E-state index contributed by atoms with van der Waals surface area (Å²) in [5, 5.41) is 3.32. The molecule has 2 unspecified atom stereocenters. The Morgan fingerprint density at radius 3 is 2.33 bits per heavy atom. The standard InChI is InChI=1S/C30H48ClN3O2/c1-8-12-14-15-19-30(24(7)35,29(36)34(22(5)16-10-3)32-20-13-9-2)28-23(6)33(11-4)27-18-17-25(31)21-26(27)28/h17-18,21-22,32H,8-16,19-20H2,1-7H3. The van der Waals surface area contributed by atoms with Crippen molar-refractivity contribution in [2.24, 2.45) is 0 Å². The minimum Gasteiger partial charge on any atom is -0.345 e. The lowest BCUT2D eigenvalue weighted by Gasteiger charge is -2.39. The number of aromatic nitrogens is 1. The topological polar surface area (TPSA) is 54.3 Å². The van der Waals surface area contributed by atoms with Crippen molar-refractivity contribution in [1.82, 2.24) is 15.0 Å². The molecule has 0 radical (unpaired) electrons. The van der Waals surface area contributed by atoms with Gasteiger partial charge in [0.15, 0.2) is 0 Å². The van der Waals surface area contributed by atoms with E-state index in [1.165, 1.54) is 0 Å². The van der Waals surface area contributed by atoms with Crippen LogP contribution in [0.25, 0.3) is 10.9 Å². The Hall–Kier alpha value is -1.85. The van der Waals surface area contributed by atoms with Gasteiger partial charge >= 0.3 is 0 Å². The fourth-order valence-electron chi connectivity index (χ4n) is 5.62.